The van der Waals surface area contributed by atoms with Crippen LogP contribution in [0.2, 0.25) is 5.02 Å². The van der Waals surface area contributed by atoms with Crippen LogP contribution in [0.25, 0.3) is 0 Å². The number of anilines is 2. The van der Waals surface area contributed by atoms with Crippen LogP contribution in [0.3, 0.4) is 0 Å². The fourth-order valence-electron chi connectivity index (χ4n) is 3.22. The van der Waals surface area contributed by atoms with Gasteiger partial charge in [0.1, 0.15) is 5.75 Å². The van der Waals surface area contributed by atoms with E-state index >= 15 is 0 Å². The summed E-state index contributed by atoms with van der Waals surface area (Å²) < 4.78 is 6.28. The zero-order valence-corrected chi connectivity index (χ0v) is 18.5. The molecule has 1 N–H and O–H groups in total. The van der Waals surface area contributed by atoms with Gasteiger partial charge in [-0.3, -0.25) is 14.4 Å². The third-order valence-electron chi connectivity index (χ3n) is 4.65. The molecule has 30 heavy (non-hydrogen) atoms. The van der Waals surface area contributed by atoms with Crippen molar-refractivity contribution in [3.8, 4) is 5.75 Å². The summed E-state index contributed by atoms with van der Waals surface area (Å²) in [6.07, 6.45) is 0. The van der Waals surface area contributed by atoms with Crippen LogP contribution in [-0.2, 0) is 0 Å². The van der Waals surface area contributed by atoms with Crippen molar-refractivity contribution >= 4 is 63.3 Å². The zero-order valence-electron chi connectivity index (χ0n) is 15.6. The van der Waals surface area contributed by atoms with Crippen LogP contribution in [0.4, 0.5) is 11.4 Å². The second-order valence-electron chi connectivity index (χ2n) is 6.46. The van der Waals surface area contributed by atoms with E-state index < -0.39 is 11.8 Å². The number of nitrogens with zero attached hydrogens (tertiary/aromatic N) is 1. The fraction of sp³-hybridized carbons (Fsp3) is 0.0455. The number of hydrogen-bond acceptors (Lipinski definition) is 4. The second-order valence-corrected chi connectivity index (χ2v) is 8.11. The van der Waals surface area contributed by atoms with E-state index in [2.05, 4.69) is 27.9 Å². The SMILES string of the molecule is COc1cc(NC(=O)c2cc(I)ccc2Cl)ccc1N1C(=O)c2ccccc2C1=O. The van der Waals surface area contributed by atoms with Gasteiger partial charge in [-0.25, -0.2) is 4.90 Å². The van der Waals surface area contributed by atoms with Crippen molar-refractivity contribution in [3.05, 3.63) is 85.9 Å². The van der Waals surface area contributed by atoms with Gasteiger partial charge >= 0.3 is 0 Å². The minimum atomic E-state index is -0.420. The normalized spacial score (nSPS) is 12.7. The first-order valence-electron chi connectivity index (χ1n) is 8.83. The lowest BCUT2D eigenvalue weighted by Crippen LogP contribution is -2.29. The van der Waals surface area contributed by atoms with Crippen molar-refractivity contribution in [2.45, 2.75) is 0 Å². The fourth-order valence-corrected chi connectivity index (χ4v) is 3.91. The van der Waals surface area contributed by atoms with E-state index in [1.54, 1.807) is 60.7 Å². The molecule has 0 unspecified atom stereocenters. The first kappa shape index (κ1) is 20.4. The van der Waals surface area contributed by atoms with E-state index in [0.29, 0.717) is 33.1 Å². The smallest absolute Gasteiger partial charge is 0.266 e. The molecule has 3 aromatic rings. The molecule has 3 amide bonds. The van der Waals surface area contributed by atoms with Gasteiger partial charge in [-0.15, -0.1) is 0 Å². The maximum Gasteiger partial charge on any atom is 0.266 e. The Kier molecular flexibility index (Phi) is 5.48. The number of imide groups is 1. The van der Waals surface area contributed by atoms with Crippen molar-refractivity contribution in [2.75, 3.05) is 17.3 Å². The Morgan fingerprint density at radius 2 is 1.67 bits per heavy atom. The van der Waals surface area contributed by atoms with E-state index in [0.717, 1.165) is 8.47 Å². The summed E-state index contributed by atoms with van der Waals surface area (Å²) >= 11 is 8.23. The molecule has 8 heteroatoms. The van der Waals surface area contributed by atoms with Crippen molar-refractivity contribution < 1.29 is 19.1 Å². The van der Waals surface area contributed by atoms with E-state index in [1.165, 1.54) is 7.11 Å². The number of fused-ring (bicyclic) bond motifs is 1. The Bertz CT molecular complexity index is 1180. The first-order chi connectivity index (χ1) is 14.4. The monoisotopic (exact) mass is 532 g/mol. The van der Waals surface area contributed by atoms with Crippen molar-refractivity contribution in [1.82, 2.24) is 0 Å². The topological polar surface area (TPSA) is 75.7 Å². The maximum atomic E-state index is 12.8. The van der Waals surface area contributed by atoms with E-state index in [9.17, 15) is 14.4 Å². The number of methoxy groups -OCH3 is 1. The Labute approximate surface area is 190 Å². The predicted molar refractivity (Wildman–Crippen MR) is 123 cm³/mol. The largest absolute Gasteiger partial charge is 0.494 e. The van der Waals surface area contributed by atoms with Crippen molar-refractivity contribution in [1.29, 1.82) is 0 Å². The maximum absolute atomic E-state index is 12.8. The summed E-state index contributed by atoms with van der Waals surface area (Å²) in [5.74, 6) is -0.947. The van der Waals surface area contributed by atoms with Gasteiger partial charge < -0.3 is 10.1 Å². The number of rotatable bonds is 4. The molecule has 0 aromatic heterocycles. The lowest BCUT2D eigenvalue weighted by atomic mass is 10.1. The second kappa shape index (κ2) is 8.08. The van der Waals surface area contributed by atoms with E-state index in [1.807, 2.05) is 0 Å². The van der Waals surface area contributed by atoms with Gasteiger partial charge in [0.15, 0.2) is 0 Å². The summed E-state index contributed by atoms with van der Waals surface area (Å²) in [5, 5.41) is 3.10. The van der Waals surface area contributed by atoms with Crippen LogP contribution < -0.4 is 15.0 Å². The molecular weight excluding hydrogens is 519 g/mol. The van der Waals surface area contributed by atoms with Gasteiger partial charge in [0.05, 0.1) is 34.5 Å². The number of carbonyl (C=O) groups excluding carboxylic acids is 3. The van der Waals surface area contributed by atoms with Crippen molar-refractivity contribution in [2.24, 2.45) is 0 Å². The number of ether oxygens (including phenoxy) is 1. The molecule has 6 nitrogen and oxygen atoms in total. The summed E-state index contributed by atoms with van der Waals surface area (Å²) in [7, 11) is 1.43. The number of carbonyl (C=O) groups is 3. The highest BCUT2D eigenvalue weighted by atomic mass is 127. The number of amides is 3. The predicted octanol–water partition coefficient (Wildman–Crippen LogP) is 5.01. The molecular formula is C22H14ClIN2O4. The molecule has 0 saturated carbocycles. The van der Waals surface area contributed by atoms with Crippen LogP contribution in [0.15, 0.2) is 60.7 Å². The molecule has 3 aromatic carbocycles. The number of hydrogen-bond donors (Lipinski definition) is 1. The molecule has 150 valence electrons. The molecule has 1 aliphatic rings. The summed E-state index contributed by atoms with van der Waals surface area (Å²) in [6.45, 7) is 0. The van der Waals surface area contributed by atoms with Gasteiger partial charge in [0, 0.05) is 15.3 Å². The molecule has 0 aliphatic carbocycles. The molecule has 0 spiro atoms. The van der Waals surface area contributed by atoms with Crippen LogP contribution in [0, 0.1) is 3.57 Å². The quantitative estimate of drug-likeness (QED) is 0.379. The zero-order chi connectivity index (χ0) is 21.4. The van der Waals surface area contributed by atoms with Gasteiger partial charge in [-0.1, -0.05) is 23.7 Å². The third-order valence-corrected chi connectivity index (χ3v) is 5.65. The molecule has 1 heterocycles. The molecule has 4 rings (SSSR count). The summed E-state index contributed by atoms with van der Waals surface area (Å²) in [6, 6.07) is 16.5. The van der Waals surface area contributed by atoms with Crippen molar-refractivity contribution in [3.63, 3.8) is 0 Å². The van der Waals surface area contributed by atoms with Gasteiger partial charge in [0.2, 0.25) is 0 Å². The lowest BCUT2D eigenvalue weighted by Gasteiger charge is -2.18. The standard InChI is InChI=1S/C22H14ClIN2O4/c1-30-19-11-13(25-20(27)16-10-12(24)6-8-17(16)23)7-9-18(19)26-21(28)14-4-2-3-5-15(14)22(26)29/h2-11H,1H3,(H,25,27). The molecule has 0 saturated heterocycles. The Balaban J connectivity index is 1.65. The van der Waals surface area contributed by atoms with E-state index in [4.69, 9.17) is 16.3 Å². The number of halogens is 2. The average molecular weight is 533 g/mol. The third kappa shape index (κ3) is 3.54. The first-order valence-corrected chi connectivity index (χ1v) is 10.3. The van der Waals surface area contributed by atoms with Gasteiger partial charge in [-0.2, -0.15) is 0 Å². The molecule has 0 radical (unpaired) electrons. The molecule has 0 fully saturated rings. The highest BCUT2D eigenvalue weighted by Crippen LogP contribution is 2.36. The average Bonchev–Trinajstić information content (AvgIpc) is 3.00. The number of benzene rings is 3. The Morgan fingerprint density at radius 1 is 1.00 bits per heavy atom. The van der Waals surface area contributed by atoms with Gasteiger partial charge in [-0.05, 0) is 65.1 Å². The summed E-state index contributed by atoms with van der Waals surface area (Å²) in [5.41, 5.74) is 1.76. The highest BCUT2D eigenvalue weighted by Gasteiger charge is 2.37. The molecule has 1 aliphatic heterocycles. The Hall–Kier alpha value is -2.91. The minimum Gasteiger partial charge on any atom is -0.494 e. The number of nitrogens with one attached hydrogen (secondary N) is 1. The minimum absolute atomic E-state index is 0.274. The highest BCUT2D eigenvalue weighted by molar-refractivity contribution is 14.1. The molecule has 0 bridgehead atoms. The van der Waals surface area contributed by atoms with E-state index in [-0.39, 0.29) is 11.7 Å². The lowest BCUT2D eigenvalue weighted by molar-refractivity contribution is 0.0923. The van der Waals surface area contributed by atoms with Crippen LogP contribution >= 0.6 is 34.2 Å². The van der Waals surface area contributed by atoms with Crippen LogP contribution in [0.1, 0.15) is 31.1 Å². The van der Waals surface area contributed by atoms with Crippen LogP contribution in [-0.4, -0.2) is 24.8 Å². The molecule has 0 atom stereocenters. The van der Waals surface area contributed by atoms with Gasteiger partial charge in [0.25, 0.3) is 17.7 Å². The Morgan fingerprint density at radius 3 is 2.30 bits per heavy atom. The van der Waals surface area contributed by atoms with Crippen LogP contribution in [0.5, 0.6) is 5.75 Å². The summed E-state index contributed by atoms with van der Waals surface area (Å²) in [4.78, 5) is 39.2.